The van der Waals surface area contributed by atoms with Gasteiger partial charge in [0.1, 0.15) is 12.4 Å². The maximum atomic E-state index is 12.3. The molecule has 0 aliphatic carbocycles. The summed E-state index contributed by atoms with van der Waals surface area (Å²) in [6.45, 7) is 6.33. The van der Waals surface area contributed by atoms with Gasteiger partial charge in [0.2, 0.25) is 0 Å². The fourth-order valence-electron chi connectivity index (χ4n) is 3.46. The van der Waals surface area contributed by atoms with Crippen molar-refractivity contribution < 1.29 is 4.74 Å². The van der Waals surface area contributed by atoms with Crippen LogP contribution in [0.5, 0.6) is 5.75 Å². The number of hydrogen-bond acceptors (Lipinski definition) is 5. The first kappa shape index (κ1) is 19.6. The molecule has 2 aromatic carbocycles. The fourth-order valence-corrected chi connectivity index (χ4v) is 3.46. The van der Waals surface area contributed by atoms with Gasteiger partial charge in [-0.2, -0.15) is 9.36 Å². The monoisotopic (exact) mass is 401 g/mol. The van der Waals surface area contributed by atoms with Crippen LogP contribution in [0.15, 0.2) is 59.5 Å². The van der Waals surface area contributed by atoms with Gasteiger partial charge in [0, 0.05) is 30.1 Å². The van der Waals surface area contributed by atoms with E-state index in [4.69, 9.17) is 4.74 Å². The molecule has 30 heavy (non-hydrogen) atoms. The van der Waals surface area contributed by atoms with Crippen LogP contribution in [-0.4, -0.2) is 24.8 Å². The highest BCUT2D eigenvalue weighted by atomic mass is 16.5. The van der Waals surface area contributed by atoms with E-state index in [9.17, 15) is 4.79 Å². The van der Waals surface area contributed by atoms with Crippen LogP contribution in [0.3, 0.4) is 0 Å². The number of aryl methyl sites for hydroxylation is 4. The van der Waals surface area contributed by atoms with Crippen molar-refractivity contribution in [3.8, 4) is 22.6 Å². The van der Waals surface area contributed by atoms with Crippen molar-refractivity contribution in [1.29, 1.82) is 0 Å². The smallest absolute Gasteiger partial charge is 0.368 e. The standard InChI is InChI=1S/C23H23N5O2/c1-15-7-5-9-21(28-23(29)27(4)25-26-28)20(15)14-30-22-11-10-18(13-16(22)2)19-8-6-12-24-17(19)3/h5-13H,14H2,1-4H3. The molecule has 0 saturated heterocycles. The van der Waals surface area contributed by atoms with E-state index in [1.54, 1.807) is 13.2 Å². The second kappa shape index (κ2) is 7.94. The minimum Gasteiger partial charge on any atom is -0.489 e. The predicted octanol–water partition coefficient (Wildman–Crippen LogP) is 3.53. The van der Waals surface area contributed by atoms with Crippen molar-refractivity contribution in [3.63, 3.8) is 0 Å². The van der Waals surface area contributed by atoms with Crippen molar-refractivity contribution in [2.24, 2.45) is 7.05 Å². The largest absolute Gasteiger partial charge is 0.489 e. The molecule has 0 N–H and O–H groups in total. The molecule has 7 heteroatoms. The third kappa shape index (κ3) is 3.61. The number of aromatic nitrogens is 5. The molecule has 2 heterocycles. The molecule has 152 valence electrons. The van der Waals surface area contributed by atoms with Crippen molar-refractivity contribution >= 4 is 0 Å². The average Bonchev–Trinajstić information content (AvgIpc) is 3.06. The van der Waals surface area contributed by atoms with Gasteiger partial charge >= 0.3 is 5.69 Å². The Kier molecular flexibility index (Phi) is 5.18. The van der Waals surface area contributed by atoms with E-state index in [2.05, 4.69) is 27.5 Å². The van der Waals surface area contributed by atoms with Crippen molar-refractivity contribution in [2.75, 3.05) is 0 Å². The number of rotatable bonds is 5. The van der Waals surface area contributed by atoms with Gasteiger partial charge in [0.05, 0.1) is 5.69 Å². The van der Waals surface area contributed by atoms with Crippen LogP contribution in [0.1, 0.15) is 22.4 Å². The summed E-state index contributed by atoms with van der Waals surface area (Å²) >= 11 is 0. The Labute approximate surface area is 174 Å². The van der Waals surface area contributed by atoms with Crippen LogP contribution in [0.2, 0.25) is 0 Å². The first-order chi connectivity index (χ1) is 14.5. The Morgan fingerprint density at radius 1 is 0.967 bits per heavy atom. The summed E-state index contributed by atoms with van der Waals surface area (Å²) in [4.78, 5) is 16.7. The zero-order chi connectivity index (χ0) is 21.3. The van der Waals surface area contributed by atoms with E-state index in [1.165, 1.54) is 9.36 Å². The van der Waals surface area contributed by atoms with Crippen molar-refractivity contribution in [3.05, 3.63) is 87.6 Å². The lowest BCUT2D eigenvalue weighted by Crippen LogP contribution is -2.23. The van der Waals surface area contributed by atoms with E-state index in [0.29, 0.717) is 12.3 Å². The van der Waals surface area contributed by atoms with Gasteiger partial charge in [-0.1, -0.05) is 24.3 Å². The quantitative estimate of drug-likeness (QED) is 0.511. The van der Waals surface area contributed by atoms with Gasteiger partial charge in [-0.25, -0.2) is 4.79 Å². The van der Waals surface area contributed by atoms with Crippen LogP contribution < -0.4 is 10.4 Å². The second-order valence-corrected chi connectivity index (χ2v) is 7.27. The number of tetrazole rings is 1. The Morgan fingerprint density at radius 3 is 2.50 bits per heavy atom. The molecule has 2 aromatic heterocycles. The van der Waals surface area contributed by atoms with Crippen molar-refractivity contribution in [1.82, 2.24) is 24.8 Å². The van der Waals surface area contributed by atoms with Gasteiger partial charge < -0.3 is 4.74 Å². The highest BCUT2D eigenvalue weighted by molar-refractivity contribution is 5.67. The number of nitrogens with zero attached hydrogens (tertiary/aromatic N) is 5. The Hall–Kier alpha value is -3.74. The van der Waals surface area contributed by atoms with Gasteiger partial charge in [0.25, 0.3) is 0 Å². The minimum absolute atomic E-state index is 0.297. The molecule has 0 fully saturated rings. The molecule has 0 bridgehead atoms. The van der Waals surface area contributed by atoms with Crippen LogP contribution in [-0.2, 0) is 13.7 Å². The van der Waals surface area contributed by atoms with Crippen LogP contribution in [0, 0.1) is 20.8 Å². The predicted molar refractivity (Wildman–Crippen MR) is 115 cm³/mol. The molecule has 4 rings (SSSR count). The Balaban J connectivity index is 1.62. The van der Waals surface area contributed by atoms with E-state index in [1.807, 2.05) is 57.2 Å². The van der Waals surface area contributed by atoms with Crippen LogP contribution >= 0.6 is 0 Å². The zero-order valence-corrected chi connectivity index (χ0v) is 17.5. The van der Waals surface area contributed by atoms with Gasteiger partial charge in [-0.05, 0) is 72.2 Å². The van der Waals surface area contributed by atoms with E-state index < -0.39 is 0 Å². The lowest BCUT2D eigenvalue weighted by atomic mass is 10.0. The summed E-state index contributed by atoms with van der Waals surface area (Å²) in [6.07, 6.45) is 1.80. The molecule has 0 aliphatic rings. The lowest BCUT2D eigenvalue weighted by Gasteiger charge is -2.15. The Morgan fingerprint density at radius 2 is 1.80 bits per heavy atom. The van der Waals surface area contributed by atoms with E-state index in [0.717, 1.165) is 39.3 Å². The molecule has 0 spiro atoms. The highest BCUT2D eigenvalue weighted by Gasteiger charge is 2.14. The minimum atomic E-state index is -0.297. The summed E-state index contributed by atoms with van der Waals surface area (Å²) < 4.78 is 8.65. The fraction of sp³-hybridized carbons (Fsp3) is 0.217. The summed E-state index contributed by atoms with van der Waals surface area (Å²) in [5.74, 6) is 0.793. The SMILES string of the molecule is Cc1cc(-c2cccnc2C)ccc1OCc1c(C)cccc1-n1nnn(C)c1=O. The first-order valence-corrected chi connectivity index (χ1v) is 9.69. The maximum Gasteiger partial charge on any atom is 0.368 e. The van der Waals surface area contributed by atoms with Crippen LogP contribution in [0.25, 0.3) is 16.8 Å². The van der Waals surface area contributed by atoms with Gasteiger partial charge in [0.15, 0.2) is 0 Å². The molecule has 0 atom stereocenters. The van der Waals surface area contributed by atoms with Crippen LogP contribution in [0.4, 0.5) is 0 Å². The summed E-state index contributed by atoms with van der Waals surface area (Å²) in [5, 5.41) is 7.78. The molecule has 0 aliphatic heterocycles. The number of ether oxygens (including phenoxy) is 1. The lowest BCUT2D eigenvalue weighted by molar-refractivity contribution is 0.302. The highest BCUT2D eigenvalue weighted by Crippen LogP contribution is 2.28. The number of benzene rings is 2. The summed E-state index contributed by atoms with van der Waals surface area (Å²) in [7, 11) is 1.58. The molecule has 0 saturated carbocycles. The second-order valence-electron chi connectivity index (χ2n) is 7.27. The van der Waals surface area contributed by atoms with E-state index >= 15 is 0 Å². The molecule has 0 radical (unpaired) electrons. The first-order valence-electron chi connectivity index (χ1n) is 9.69. The molecule has 4 aromatic rings. The molecule has 0 unspecified atom stereocenters. The number of pyridine rings is 1. The molecule has 0 amide bonds. The average molecular weight is 401 g/mol. The molecular formula is C23H23N5O2. The van der Waals surface area contributed by atoms with Gasteiger partial charge in [-0.3, -0.25) is 4.98 Å². The van der Waals surface area contributed by atoms with Crippen molar-refractivity contribution in [2.45, 2.75) is 27.4 Å². The van der Waals surface area contributed by atoms with Gasteiger partial charge in [-0.15, -0.1) is 0 Å². The third-order valence-electron chi connectivity index (χ3n) is 5.20. The molecule has 7 nitrogen and oxygen atoms in total. The molecular weight excluding hydrogens is 378 g/mol. The number of hydrogen-bond donors (Lipinski definition) is 0. The third-order valence-corrected chi connectivity index (χ3v) is 5.20. The summed E-state index contributed by atoms with van der Waals surface area (Å²) in [6, 6.07) is 15.9. The Bertz CT molecular complexity index is 1270. The maximum absolute atomic E-state index is 12.3. The topological polar surface area (TPSA) is 74.8 Å². The summed E-state index contributed by atoms with van der Waals surface area (Å²) in [5.41, 5.74) is 6.52. The van der Waals surface area contributed by atoms with E-state index in [-0.39, 0.29) is 5.69 Å². The zero-order valence-electron chi connectivity index (χ0n) is 17.5. The normalized spacial score (nSPS) is 10.9.